The van der Waals surface area contributed by atoms with Gasteiger partial charge in [-0.2, -0.15) is 22.5 Å². The van der Waals surface area contributed by atoms with E-state index in [1.54, 1.807) is 13.8 Å². The fourth-order valence-corrected chi connectivity index (χ4v) is 4.43. The van der Waals surface area contributed by atoms with Gasteiger partial charge in [0.05, 0.1) is 20.7 Å². The van der Waals surface area contributed by atoms with E-state index in [2.05, 4.69) is 9.97 Å². The van der Waals surface area contributed by atoms with E-state index in [0.717, 1.165) is 22.5 Å². The molecule has 0 saturated carbocycles. The van der Waals surface area contributed by atoms with Crippen LogP contribution >= 0.6 is 0 Å². The molecule has 0 radical (unpaired) electrons. The lowest BCUT2D eigenvalue weighted by Gasteiger charge is -2.18. The molecule has 3 rings (SSSR count). The zero-order valence-corrected chi connectivity index (χ0v) is 17.6. The first kappa shape index (κ1) is 23.3. The first-order valence-corrected chi connectivity index (χ1v) is 10.7. The summed E-state index contributed by atoms with van der Waals surface area (Å²) >= 11 is 0. The molecule has 32 heavy (non-hydrogen) atoms. The Morgan fingerprint density at radius 2 is 1.75 bits per heavy atom. The lowest BCUT2D eigenvalue weighted by molar-refractivity contribution is -0.385. The van der Waals surface area contributed by atoms with Gasteiger partial charge in [-0.3, -0.25) is 10.1 Å². The predicted molar refractivity (Wildman–Crippen MR) is 108 cm³/mol. The molecule has 2 aromatic carbocycles. The monoisotopic (exact) mass is 470 g/mol. The maximum atomic E-state index is 13.2. The summed E-state index contributed by atoms with van der Waals surface area (Å²) in [4.78, 5) is 17.2. The molecule has 0 aliphatic rings. The van der Waals surface area contributed by atoms with Crippen LogP contribution in [0.2, 0.25) is 0 Å². The van der Waals surface area contributed by atoms with Crippen molar-refractivity contribution in [2.45, 2.75) is 24.9 Å². The fourth-order valence-electron chi connectivity index (χ4n) is 2.96. The molecule has 0 amide bonds. The average molecular weight is 470 g/mol. The Kier molecular flexibility index (Phi) is 6.32. The van der Waals surface area contributed by atoms with Crippen LogP contribution in [-0.2, 0) is 16.2 Å². The average Bonchev–Trinajstić information content (AvgIpc) is 2.73. The van der Waals surface area contributed by atoms with E-state index in [9.17, 15) is 31.7 Å². The van der Waals surface area contributed by atoms with E-state index in [1.807, 2.05) is 0 Å². The quantitative estimate of drug-likeness (QED) is 0.372. The Hall–Kier alpha value is -3.32. The van der Waals surface area contributed by atoms with E-state index in [1.165, 1.54) is 24.3 Å². The van der Waals surface area contributed by atoms with Crippen LogP contribution in [0.4, 0.5) is 18.9 Å². The number of sulfonamides is 1. The lowest BCUT2D eigenvalue weighted by Crippen LogP contribution is -2.30. The van der Waals surface area contributed by atoms with E-state index in [0.29, 0.717) is 0 Å². The molecule has 0 spiro atoms. The van der Waals surface area contributed by atoms with Crippen LogP contribution in [0.25, 0.3) is 10.9 Å². The van der Waals surface area contributed by atoms with Crippen LogP contribution in [0.3, 0.4) is 0 Å². The highest BCUT2D eigenvalue weighted by molar-refractivity contribution is 7.89. The van der Waals surface area contributed by atoms with Gasteiger partial charge in [0.1, 0.15) is 0 Å². The smallest absolute Gasteiger partial charge is 0.431 e. The molecule has 0 saturated heterocycles. The normalized spacial score (nSPS) is 12.3. The van der Waals surface area contributed by atoms with Gasteiger partial charge in [-0.1, -0.05) is 26.0 Å². The van der Waals surface area contributed by atoms with Gasteiger partial charge in [0.2, 0.25) is 27.5 Å². The summed E-state index contributed by atoms with van der Waals surface area (Å²) in [5.74, 6) is -2.49. The standard InChI is InChI=1S/C19H17F3N4O5S/c1-3-25(4-2)32(29,30)12-9-10-16(15(11-12)26(27)28)31-17-13-7-5-6-8-14(13)23-18(24-17)19(20,21)22/h5-11H,3-4H2,1-2H3. The molecule has 0 aliphatic carbocycles. The highest BCUT2D eigenvalue weighted by atomic mass is 32.2. The van der Waals surface area contributed by atoms with Crippen molar-refractivity contribution in [2.75, 3.05) is 13.1 Å². The Morgan fingerprint density at radius 1 is 1.09 bits per heavy atom. The maximum Gasteiger partial charge on any atom is 0.451 e. The largest absolute Gasteiger partial charge is 0.451 e. The number of para-hydroxylation sites is 1. The second-order valence-electron chi connectivity index (χ2n) is 6.45. The number of ether oxygens (including phenoxy) is 1. The Labute approximate surface area is 180 Å². The SMILES string of the molecule is CCN(CC)S(=O)(=O)c1ccc(Oc2nc(C(F)(F)F)nc3ccccc23)c([N+](=O)[O-])c1. The van der Waals surface area contributed by atoms with Gasteiger partial charge in [0, 0.05) is 19.2 Å². The molecule has 0 N–H and O–H groups in total. The van der Waals surface area contributed by atoms with E-state index >= 15 is 0 Å². The molecular weight excluding hydrogens is 453 g/mol. The van der Waals surface area contributed by atoms with Crippen LogP contribution in [0, 0.1) is 10.1 Å². The number of nitro benzene ring substituents is 1. The van der Waals surface area contributed by atoms with Crippen LogP contribution in [0.1, 0.15) is 19.7 Å². The Morgan fingerprint density at radius 3 is 2.34 bits per heavy atom. The molecule has 1 heterocycles. The fraction of sp³-hybridized carbons (Fsp3) is 0.263. The molecule has 1 aromatic heterocycles. The molecule has 0 bridgehead atoms. The topological polar surface area (TPSA) is 116 Å². The predicted octanol–water partition coefficient (Wildman–Crippen LogP) is 4.38. The van der Waals surface area contributed by atoms with Crippen LogP contribution in [0.15, 0.2) is 47.4 Å². The van der Waals surface area contributed by atoms with Crippen molar-refractivity contribution in [3.05, 3.63) is 58.4 Å². The number of halogens is 3. The summed E-state index contributed by atoms with van der Waals surface area (Å²) in [5, 5.41) is 11.7. The van der Waals surface area contributed by atoms with E-state index in [4.69, 9.17) is 4.74 Å². The summed E-state index contributed by atoms with van der Waals surface area (Å²) in [5.41, 5.74) is -0.817. The van der Waals surface area contributed by atoms with Crippen molar-refractivity contribution in [2.24, 2.45) is 0 Å². The van der Waals surface area contributed by atoms with Crippen molar-refractivity contribution in [1.82, 2.24) is 14.3 Å². The van der Waals surface area contributed by atoms with Crippen LogP contribution < -0.4 is 4.74 Å². The number of hydrogen-bond donors (Lipinski definition) is 0. The van der Waals surface area contributed by atoms with Crippen LogP contribution in [-0.4, -0.2) is 40.7 Å². The molecule has 0 atom stereocenters. The zero-order chi connectivity index (χ0) is 23.7. The number of hydrogen-bond acceptors (Lipinski definition) is 7. The molecular formula is C19H17F3N4O5S. The summed E-state index contributed by atoms with van der Waals surface area (Å²) in [6.07, 6.45) is -4.88. The highest BCUT2D eigenvalue weighted by Crippen LogP contribution is 2.37. The minimum Gasteiger partial charge on any atom is -0.431 e. The second kappa shape index (κ2) is 8.67. The minimum absolute atomic E-state index is 0.0757. The van der Waals surface area contributed by atoms with Gasteiger partial charge >= 0.3 is 11.9 Å². The number of benzene rings is 2. The molecule has 170 valence electrons. The third kappa shape index (κ3) is 4.48. The lowest BCUT2D eigenvalue weighted by atomic mass is 10.2. The molecule has 0 fully saturated rings. The van der Waals surface area contributed by atoms with Crippen LogP contribution in [0.5, 0.6) is 11.6 Å². The third-order valence-corrected chi connectivity index (χ3v) is 6.54. The molecule has 13 heteroatoms. The molecule has 0 unspecified atom stereocenters. The molecule has 3 aromatic rings. The van der Waals surface area contributed by atoms with Gasteiger partial charge in [-0.25, -0.2) is 13.4 Å². The summed E-state index contributed by atoms with van der Waals surface area (Å²) in [6, 6.07) is 8.59. The summed E-state index contributed by atoms with van der Waals surface area (Å²) in [6.45, 7) is 3.53. The van der Waals surface area contributed by atoms with Gasteiger partial charge in [0.25, 0.3) is 0 Å². The number of alkyl halides is 3. The maximum absolute atomic E-state index is 13.2. The third-order valence-electron chi connectivity index (χ3n) is 4.50. The zero-order valence-electron chi connectivity index (χ0n) is 16.8. The highest BCUT2D eigenvalue weighted by Gasteiger charge is 2.36. The first-order chi connectivity index (χ1) is 15.0. The van der Waals surface area contributed by atoms with Gasteiger partial charge in [0.15, 0.2) is 0 Å². The Balaban J connectivity index is 2.14. The van der Waals surface area contributed by atoms with Gasteiger partial charge < -0.3 is 4.74 Å². The molecule has 0 aliphatic heterocycles. The van der Waals surface area contributed by atoms with Crippen molar-refractivity contribution in [3.63, 3.8) is 0 Å². The number of aromatic nitrogens is 2. The van der Waals surface area contributed by atoms with Gasteiger partial charge in [-0.05, 0) is 24.3 Å². The van der Waals surface area contributed by atoms with E-state index < -0.39 is 44.3 Å². The summed E-state index contributed by atoms with van der Waals surface area (Å²) in [7, 11) is -4.01. The minimum atomic E-state index is -4.88. The van der Waals surface area contributed by atoms with Crippen molar-refractivity contribution in [3.8, 4) is 11.6 Å². The Bertz CT molecular complexity index is 1280. The molecule has 9 nitrogen and oxygen atoms in total. The van der Waals surface area contributed by atoms with Crippen molar-refractivity contribution in [1.29, 1.82) is 0 Å². The first-order valence-electron chi connectivity index (χ1n) is 9.29. The van der Waals surface area contributed by atoms with Crippen molar-refractivity contribution >= 4 is 26.6 Å². The number of nitro groups is 1. The number of fused-ring (bicyclic) bond motifs is 1. The number of nitrogens with zero attached hydrogens (tertiary/aromatic N) is 4. The summed E-state index contributed by atoms with van der Waals surface area (Å²) < 4.78 is 71.5. The van der Waals surface area contributed by atoms with Gasteiger partial charge in [-0.15, -0.1) is 0 Å². The van der Waals surface area contributed by atoms with E-state index in [-0.39, 0.29) is 28.9 Å². The second-order valence-corrected chi connectivity index (χ2v) is 8.38. The van der Waals surface area contributed by atoms with Crippen molar-refractivity contribution < 1.29 is 31.2 Å². The number of rotatable bonds is 7.